The third kappa shape index (κ3) is 9.37. The Hall–Kier alpha value is -3.93. The average Bonchev–Trinajstić information content (AvgIpc) is 2.93. The second-order valence-electron chi connectivity index (χ2n) is 9.19. The van der Waals surface area contributed by atoms with E-state index in [0.29, 0.717) is 37.4 Å². The van der Waals surface area contributed by atoms with Crippen molar-refractivity contribution in [2.75, 3.05) is 44.4 Å². The van der Waals surface area contributed by atoms with Crippen molar-refractivity contribution < 1.29 is 33.0 Å². The molecule has 0 fully saturated rings. The molecular formula is C29H35N3O7S. The SMILES string of the molecule is CCOCCNc1cc(-c2ccc(CCN(C[C@H](O)c3ccccc3)C(=O)O)cc2)ccc1C(=O)NS(C)(=O)=O. The van der Waals surface area contributed by atoms with Gasteiger partial charge in [-0.15, -0.1) is 0 Å². The van der Waals surface area contributed by atoms with E-state index in [4.69, 9.17) is 4.74 Å². The Balaban J connectivity index is 1.71. The number of carbonyl (C=O) groups is 2. The van der Waals surface area contributed by atoms with Crippen molar-refractivity contribution in [2.45, 2.75) is 19.4 Å². The Morgan fingerprint density at radius 3 is 2.30 bits per heavy atom. The highest BCUT2D eigenvalue weighted by molar-refractivity contribution is 7.89. The van der Waals surface area contributed by atoms with Gasteiger partial charge < -0.3 is 25.2 Å². The van der Waals surface area contributed by atoms with Crippen LogP contribution in [0.4, 0.5) is 10.5 Å². The number of carboxylic acid groups (broad SMARTS) is 1. The fourth-order valence-corrected chi connectivity index (χ4v) is 4.52. The number of aliphatic hydroxyl groups is 1. The molecule has 3 aromatic carbocycles. The number of nitrogens with zero attached hydrogens (tertiary/aromatic N) is 1. The second-order valence-corrected chi connectivity index (χ2v) is 10.9. The molecule has 10 nitrogen and oxygen atoms in total. The van der Waals surface area contributed by atoms with Gasteiger partial charge in [-0.2, -0.15) is 0 Å². The zero-order chi connectivity index (χ0) is 29.1. The van der Waals surface area contributed by atoms with E-state index in [0.717, 1.165) is 22.9 Å². The number of sulfonamides is 1. The number of amides is 2. The first-order chi connectivity index (χ1) is 19.1. The van der Waals surface area contributed by atoms with Crippen LogP contribution in [0.2, 0.25) is 0 Å². The van der Waals surface area contributed by atoms with E-state index in [2.05, 4.69) is 5.32 Å². The number of ether oxygens (including phenoxy) is 1. The highest BCUT2D eigenvalue weighted by atomic mass is 32.2. The van der Waals surface area contributed by atoms with Gasteiger partial charge in [0.25, 0.3) is 5.91 Å². The van der Waals surface area contributed by atoms with E-state index in [1.807, 2.05) is 42.0 Å². The zero-order valence-corrected chi connectivity index (χ0v) is 23.4. The number of carbonyl (C=O) groups excluding carboxylic acids is 1. The first-order valence-corrected chi connectivity index (χ1v) is 14.7. The van der Waals surface area contributed by atoms with Gasteiger partial charge in [0.2, 0.25) is 10.0 Å². The van der Waals surface area contributed by atoms with E-state index in [9.17, 15) is 28.2 Å². The molecule has 11 heteroatoms. The normalized spacial score (nSPS) is 12.0. The first kappa shape index (κ1) is 30.6. The predicted octanol–water partition coefficient (Wildman–Crippen LogP) is 3.75. The van der Waals surface area contributed by atoms with Crippen molar-refractivity contribution in [3.63, 3.8) is 0 Å². The third-order valence-corrected chi connectivity index (χ3v) is 6.67. The van der Waals surface area contributed by atoms with Gasteiger partial charge >= 0.3 is 6.09 Å². The van der Waals surface area contributed by atoms with Gasteiger partial charge in [0.05, 0.1) is 31.1 Å². The van der Waals surface area contributed by atoms with Gasteiger partial charge in [-0.1, -0.05) is 60.7 Å². The molecule has 0 aromatic heterocycles. The van der Waals surface area contributed by atoms with Crippen molar-refractivity contribution in [1.82, 2.24) is 9.62 Å². The van der Waals surface area contributed by atoms with E-state index >= 15 is 0 Å². The minimum Gasteiger partial charge on any atom is -0.465 e. The van der Waals surface area contributed by atoms with E-state index in [1.165, 1.54) is 4.90 Å². The molecule has 0 bridgehead atoms. The molecule has 3 aromatic rings. The summed E-state index contributed by atoms with van der Waals surface area (Å²) < 4.78 is 30.5. The summed E-state index contributed by atoms with van der Waals surface area (Å²) in [6.45, 7) is 3.45. The lowest BCUT2D eigenvalue weighted by Gasteiger charge is -2.22. The molecule has 1 atom stereocenters. The van der Waals surface area contributed by atoms with E-state index in [1.54, 1.807) is 42.5 Å². The number of rotatable bonds is 14. The lowest BCUT2D eigenvalue weighted by atomic mass is 10.00. The zero-order valence-electron chi connectivity index (χ0n) is 22.5. The highest BCUT2D eigenvalue weighted by Crippen LogP contribution is 2.27. The van der Waals surface area contributed by atoms with E-state index in [-0.39, 0.29) is 18.7 Å². The molecule has 0 saturated heterocycles. The van der Waals surface area contributed by atoms with Crippen LogP contribution in [-0.4, -0.2) is 74.6 Å². The summed E-state index contributed by atoms with van der Waals surface area (Å²) in [7, 11) is -3.73. The minimum absolute atomic E-state index is 0.0320. The fraction of sp³-hybridized carbons (Fsp3) is 0.310. The summed E-state index contributed by atoms with van der Waals surface area (Å²) >= 11 is 0. The largest absolute Gasteiger partial charge is 0.465 e. The Labute approximate surface area is 234 Å². The molecule has 0 radical (unpaired) electrons. The van der Waals surface area contributed by atoms with Gasteiger partial charge in [0, 0.05) is 25.4 Å². The summed E-state index contributed by atoms with van der Waals surface area (Å²) in [5.41, 5.74) is 3.90. The third-order valence-electron chi connectivity index (χ3n) is 6.11. The molecule has 214 valence electrons. The molecular weight excluding hydrogens is 534 g/mol. The number of aliphatic hydroxyl groups excluding tert-OH is 1. The Kier molecular flexibility index (Phi) is 11.1. The summed E-state index contributed by atoms with van der Waals surface area (Å²) in [5.74, 6) is -0.733. The van der Waals surface area contributed by atoms with Crippen molar-refractivity contribution in [1.29, 1.82) is 0 Å². The second kappa shape index (κ2) is 14.5. The summed E-state index contributed by atoms with van der Waals surface area (Å²) in [5, 5.41) is 23.2. The van der Waals surface area contributed by atoms with Crippen LogP contribution in [-0.2, 0) is 21.2 Å². The number of hydrogen-bond donors (Lipinski definition) is 4. The molecule has 4 N–H and O–H groups in total. The highest BCUT2D eigenvalue weighted by Gasteiger charge is 2.19. The van der Waals surface area contributed by atoms with Crippen LogP contribution in [0.1, 0.15) is 34.5 Å². The topological polar surface area (TPSA) is 145 Å². The van der Waals surface area contributed by atoms with Gasteiger partial charge in [-0.3, -0.25) is 4.79 Å². The number of benzene rings is 3. The number of nitrogens with one attached hydrogen (secondary N) is 2. The first-order valence-electron chi connectivity index (χ1n) is 12.9. The lowest BCUT2D eigenvalue weighted by Crippen LogP contribution is -2.35. The molecule has 40 heavy (non-hydrogen) atoms. The Morgan fingerprint density at radius 1 is 1.00 bits per heavy atom. The number of anilines is 1. The Bertz CT molecular complexity index is 1380. The van der Waals surface area contributed by atoms with Crippen molar-refractivity contribution in [3.05, 3.63) is 89.5 Å². The van der Waals surface area contributed by atoms with Crippen LogP contribution in [0.3, 0.4) is 0 Å². The molecule has 2 amide bonds. The summed E-state index contributed by atoms with van der Waals surface area (Å²) in [4.78, 5) is 25.5. The van der Waals surface area contributed by atoms with Gasteiger partial charge in [-0.25, -0.2) is 17.9 Å². The molecule has 0 saturated carbocycles. The van der Waals surface area contributed by atoms with Crippen LogP contribution in [0.15, 0.2) is 72.8 Å². The number of hydrogen-bond acceptors (Lipinski definition) is 7. The van der Waals surface area contributed by atoms with Gasteiger partial charge in [0.15, 0.2) is 0 Å². The minimum atomic E-state index is -3.73. The summed E-state index contributed by atoms with van der Waals surface area (Å²) in [6.07, 6.45) is -0.637. The fourth-order valence-electron chi connectivity index (χ4n) is 4.08. The molecule has 0 spiro atoms. The van der Waals surface area contributed by atoms with Crippen LogP contribution in [0.5, 0.6) is 0 Å². The molecule has 0 heterocycles. The standard InChI is InChI=1S/C29H35N3O7S/c1-3-39-18-16-30-26-19-24(13-14-25(26)28(34)31-40(2,37)38)22-11-9-21(10-12-22)15-17-32(29(35)36)20-27(33)23-7-5-4-6-8-23/h4-14,19,27,30,33H,3,15-18,20H2,1-2H3,(H,31,34)(H,35,36)/t27-/m0/s1. The van der Waals surface area contributed by atoms with Crippen LogP contribution in [0, 0.1) is 0 Å². The van der Waals surface area contributed by atoms with Crippen molar-refractivity contribution >= 4 is 27.7 Å². The van der Waals surface area contributed by atoms with Crippen LogP contribution >= 0.6 is 0 Å². The molecule has 0 aliphatic heterocycles. The molecule has 0 aliphatic carbocycles. The Morgan fingerprint density at radius 2 is 1.68 bits per heavy atom. The molecule has 3 rings (SSSR count). The molecule has 0 aliphatic rings. The lowest BCUT2D eigenvalue weighted by molar-refractivity contribution is 0.0972. The van der Waals surface area contributed by atoms with Crippen molar-refractivity contribution in [2.24, 2.45) is 0 Å². The predicted molar refractivity (Wildman–Crippen MR) is 154 cm³/mol. The molecule has 0 unspecified atom stereocenters. The van der Waals surface area contributed by atoms with Crippen LogP contribution < -0.4 is 10.0 Å². The average molecular weight is 570 g/mol. The van der Waals surface area contributed by atoms with Crippen LogP contribution in [0.25, 0.3) is 11.1 Å². The quantitative estimate of drug-likeness (QED) is 0.215. The maximum Gasteiger partial charge on any atom is 0.407 e. The van der Waals surface area contributed by atoms with E-state index < -0.39 is 28.1 Å². The van der Waals surface area contributed by atoms with Crippen molar-refractivity contribution in [3.8, 4) is 11.1 Å². The maximum absolute atomic E-state index is 12.6. The summed E-state index contributed by atoms with van der Waals surface area (Å²) in [6, 6.07) is 21.6. The monoisotopic (exact) mass is 569 g/mol. The van der Waals surface area contributed by atoms with Gasteiger partial charge in [0.1, 0.15) is 0 Å². The van der Waals surface area contributed by atoms with Gasteiger partial charge in [-0.05, 0) is 47.7 Å². The maximum atomic E-state index is 12.6. The smallest absolute Gasteiger partial charge is 0.407 e.